The van der Waals surface area contributed by atoms with Crippen LogP contribution in [0.5, 0.6) is 0 Å². The van der Waals surface area contributed by atoms with E-state index in [0.29, 0.717) is 10.0 Å². The van der Waals surface area contributed by atoms with Crippen molar-refractivity contribution in [3.8, 4) is 22.4 Å². The Balaban J connectivity index is 1.65. The summed E-state index contributed by atoms with van der Waals surface area (Å²) < 4.78 is 209. The maximum Gasteiger partial charge on any atom is 0.598 e. The molecule has 64 heavy (non-hydrogen) atoms. The topological polar surface area (TPSA) is 35.8 Å². The highest BCUT2D eigenvalue weighted by Crippen LogP contribution is 2.46. The van der Waals surface area contributed by atoms with Crippen molar-refractivity contribution in [2.24, 2.45) is 4.99 Å². The molecule has 0 N–H and O–H groups in total. The lowest BCUT2D eigenvalue weighted by Crippen LogP contribution is -2.48. The molecule has 0 bridgehead atoms. The molecule has 0 radical (unpaired) electrons. The van der Waals surface area contributed by atoms with Gasteiger partial charge in [-0.1, -0.05) is 66.7 Å². The number of benzene rings is 5. The fourth-order valence-electron chi connectivity index (χ4n) is 6.62. The van der Waals surface area contributed by atoms with Gasteiger partial charge in [0.05, 0.1) is 17.1 Å². The molecule has 1 aliphatic rings. The molecule has 5 aromatic carbocycles. The second-order valence-electron chi connectivity index (χ2n) is 14.2. The Bertz CT molecular complexity index is 2680. The van der Waals surface area contributed by atoms with Crippen LogP contribution in [0.4, 0.5) is 61.5 Å². The lowest BCUT2D eigenvalue weighted by Gasteiger charge is -2.27. The van der Waals surface area contributed by atoms with E-state index in [-0.39, 0.29) is 50.4 Å². The quantitative estimate of drug-likeness (QED) is 0.0855. The van der Waals surface area contributed by atoms with Gasteiger partial charge in [-0.25, -0.2) is 22.6 Å². The highest BCUT2D eigenvalue weighted by molar-refractivity contribution is 6.44. The Morgan fingerprint density at radius 3 is 1.39 bits per heavy atom. The molecular formula is C45H27BF14N2O2. The second kappa shape index (κ2) is 17.6. The molecule has 0 atom stereocenters. The van der Waals surface area contributed by atoms with Crippen LogP contribution in [0.2, 0.25) is 0 Å². The average Bonchev–Trinajstić information content (AvgIpc) is 3.85. The summed E-state index contributed by atoms with van der Waals surface area (Å²) in [7, 11) is -3.02. The van der Waals surface area contributed by atoms with E-state index in [2.05, 4.69) is 0 Å². The van der Waals surface area contributed by atoms with Crippen LogP contribution in [0.25, 0.3) is 33.5 Å². The smallest absolute Gasteiger partial charge is 0.385 e. The van der Waals surface area contributed by atoms with E-state index in [9.17, 15) is 61.5 Å². The van der Waals surface area contributed by atoms with Crippen LogP contribution in [0.1, 0.15) is 22.4 Å². The van der Waals surface area contributed by atoms with Crippen molar-refractivity contribution in [3.05, 3.63) is 191 Å². The number of nitrogens with zero attached hydrogens (tertiary/aromatic N) is 2. The average molecular weight is 905 g/mol. The lowest BCUT2D eigenvalue weighted by molar-refractivity contribution is -0.295. The summed E-state index contributed by atoms with van der Waals surface area (Å²) in [6, 6.07) is 26.8. The first kappa shape index (κ1) is 45.6. The van der Waals surface area contributed by atoms with Gasteiger partial charge in [0, 0.05) is 28.0 Å². The molecule has 330 valence electrons. The molecule has 7 rings (SSSR count). The molecule has 6 aromatic rings. The van der Waals surface area contributed by atoms with Crippen LogP contribution < -0.4 is 0 Å². The van der Waals surface area contributed by atoms with Crippen LogP contribution in [-0.4, -0.2) is 54.9 Å². The number of aliphatic imine (C=N–C) groups is 1. The number of rotatable bonds is 13. The van der Waals surface area contributed by atoms with E-state index in [1.54, 1.807) is 6.07 Å². The maximum absolute atomic E-state index is 14.7. The summed E-state index contributed by atoms with van der Waals surface area (Å²) in [5.41, 5.74) is -0.303. The molecule has 0 amide bonds. The predicted octanol–water partition coefficient (Wildman–Crippen LogP) is 13.0. The van der Waals surface area contributed by atoms with Crippen molar-refractivity contribution >= 4 is 24.1 Å². The van der Waals surface area contributed by atoms with Gasteiger partial charge in [0.15, 0.2) is 0 Å². The van der Waals surface area contributed by atoms with Gasteiger partial charge < -0.3 is 13.8 Å². The second-order valence-corrected chi connectivity index (χ2v) is 14.2. The number of hydrogen-bond acceptors (Lipinski definition) is 3. The van der Waals surface area contributed by atoms with Crippen molar-refractivity contribution < 1.29 is 70.8 Å². The number of halogens is 14. The van der Waals surface area contributed by atoms with Gasteiger partial charge in [-0.15, -0.1) is 0 Å². The van der Waals surface area contributed by atoms with E-state index in [4.69, 9.17) is 14.3 Å². The molecule has 19 heteroatoms. The molecule has 0 unspecified atom stereocenters. The van der Waals surface area contributed by atoms with Gasteiger partial charge in [0.25, 0.3) is 0 Å². The van der Waals surface area contributed by atoms with Crippen molar-refractivity contribution in [1.82, 2.24) is 4.48 Å². The zero-order valence-corrected chi connectivity index (χ0v) is 32.3. The molecule has 0 fully saturated rings. The molecule has 2 heterocycles. The summed E-state index contributed by atoms with van der Waals surface area (Å²) in [6.45, 7) is -5.37. The Morgan fingerprint density at radius 1 is 0.516 bits per heavy atom. The van der Waals surface area contributed by atoms with Gasteiger partial charge in [0.1, 0.15) is 36.5 Å². The van der Waals surface area contributed by atoms with Crippen LogP contribution in [0.3, 0.4) is 0 Å². The van der Waals surface area contributed by atoms with Crippen LogP contribution in [0, 0.1) is 23.3 Å². The van der Waals surface area contributed by atoms with Gasteiger partial charge in [0.2, 0.25) is 0 Å². The molecule has 1 aliphatic heterocycles. The van der Waals surface area contributed by atoms with E-state index >= 15 is 0 Å². The number of alkyl halides is 10. The molecule has 0 saturated heterocycles. The highest BCUT2D eigenvalue weighted by Gasteiger charge is 2.60. The first-order valence-corrected chi connectivity index (χ1v) is 18.7. The Labute approximate surface area is 354 Å². The number of allylic oxidation sites excluding steroid dienone is 2. The summed E-state index contributed by atoms with van der Waals surface area (Å²) in [5, 5.41) is 0. The third-order valence-electron chi connectivity index (χ3n) is 9.79. The van der Waals surface area contributed by atoms with Crippen LogP contribution in [-0.2, 0) is 9.31 Å². The Kier molecular flexibility index (Phi) is 12.5. The molecule has 0 aliphatic carbocycles. The molecule has 1 aromatic heterocycles. The fraction of sp³-hybridized carbons (Fsp3) is 0.133. The van der Waals surface area contributed by atoms with E-state index in [1.165, 1.54) is 72.8 Å². The standard InChI is InChI=1S/C45H27BF14N2O2/c47-31-14-6-26(7-15-31)35-22-37(28-10-18-33(49)19-11-28)61-40(35)39(30-4-2-1-3-5-30)41-36(27-8-16-32(48)17-9-27)23-38(29-12-20-34(50)21-13-29)62(41)46(63-24-42(51,52)44(55,56)57)64-25-43(53,54)45(58,59)60/h1-23H,24-25H2/b40-39-. The van der Waals surface area contributed by atoms with Crippen molar-refractivity contribution in [2.45, 2.75) is 24.2 Å². The number of hydrogen-bond donors (Lipinski definition) is 0. The minimum absolute atomic E-state index is 0.0422. The first-order valence-electron chi connectivity index (χ1n) is 18.7. The molecule has 0 spiro atoms. The van der Waals surface area contributed by atoms with Gasteiger partial charge >= 0.3 is 31.5 Å². The third kappa shape index (κ3) is 9.55. The monoisotopic (exact) mass is 904 g/mol. The zero-order chi connectivity index (χ0) is 46.2. The van der Waals surface area contributed by atoms with Gasteiger partial charge in [-0.2, -0.15) is 43.9 Å². The van der Waals surface area contributed by atoms with E-state index in [0.717, 1.165) is 60.7 Å². The summed E-state index contributed by atoms with van der Waals surface area (Å²) >= 11 is 0. The van der Waals surface area contributed by atoms with Crippen molar-refractivity contribution in [3.63, 3.8) is 0 Å². The SMILES string of the molecule is Fc1ccc(C2=CC(c3ccc(F)cc3)=N/C2=C(/c2ccccc2)c2c(-c3ccc(F)cc3)cc(-c3ccc(F)cc3)n2B(OCC(F)(F)C(F)(F)F)OCC(F)(F)C(F)(F)F)cc1. The largest absolute Gasteiger partial charge is 0.598 e. The Hall–Kier alpha value is -6.47. The number of aromatic nitrogens is 1. The summed E-state index contributed by atoms with van der Waals surface area (Å²) in [6.07, 6.45) is -11.2. The maximum atomic E-state index is 14.7. The third-order valence-corrected chi connectivity index (χ3v) is 9.79. The zero-order valence-electron chi connectivity index (χ0n) is 32.3. The summed E-state index contributed by atoms with van der Waals surface area (Å²) in [5.74, 6) is -14.4. The summed E-state index contributed by atoms with van der Waals surface area (Å²) in [4.78, 5) is 4.84. The molecule has 0 saturated carbocycles. The minimum Gasteiger partial charge on any atom is -0.385 e. The molecular weight excluding hydrogens is 877 g/mol. The minimum atomic E-state index is -6.33. The highest BCUT2D eigenvalue weighted by atomic mass is 19.4. The lowest BCUT2D eigenvalue weighted by atomic mass is 9.89. The van der Waals surface area contributed by atoms with E-state index < -0.39 is 79.3 Å². The van der Waals surface area contributed by atoms with E-state index in [1.807, 2.05) is 0 Å². The molecule has 4 nitrogen and oxygen atoms in total. The first-order chi connectivity index (χ1) is 30.1. The van der Waals surface area contributed by atoms with Crippen molar-refractivity contribution in [1.29, 1.82) is 0 Å². The van der Waals surface area contributed by atoms with Crippen molar-refractivity contribution in [2.75, 3.05) is 13.2 Å². The van der Waals surface area contributed by atoms with Crippen LogP contribution in [0.15, 0.2) is 150 Å². The predicted molar refractivity (Wildman–Crippen MR) is 210 cm³/mol. The van der Waals surface area contributed by atoms with Gasteiger partial charge in [-0.3, -0.25) is 0 Å². The normalized spacial score (nSPS) is 14.4. The van der Waals surface area contributed by atoms with Crippen LogP contribution >= 0.6 is 0 Å². The van der Waals surface area contributed by atoms with Gasteiger partial charge in [-0.05, 0) is 95.1 Å². The fourth-order valence-corrected chi connectivity index (χ4v) is 6.62. The Morgan fingerprint density at radius 2 is 0.938 bits per heavy atom.